The average molecular weight is 406 g/mol. The summed E-state index contributed by atoms with van der Waals surface area (Å²) in [6.07, 6.45) is 3.23. The summed E-state index contributed by atoms with van der Waals surface area (Å²) in [4.78, 5) is 32.1. The third-order valence-electron chi connectivity index (χ3n) is 4.81. The van der Waals surface area contributed by atoms with Crippen LogP contribution in [0.4, 0.5) is 0 Å². The number of nitrogens with zero attached hydrogens (tertiary/aromatic N) is 2. The first-order chi connectivity index (χ1) is 14.1. The maximum Gasteiger partial charge on any atom is 0.290 e. The number of carbonyl (C=O) groups is 2. The molecule has 0 spiro atoms. The van der Waals surface area contributed by atoms with Gasteiger partial charge in [-0.05, 0) is 40.8 Å². The molecule has 0 aliphatic carbocycles. The number of rotatable bonds is 6. The number of thiophene rings is 1. The molecule has 1 aromatic carbocycles. The van der Waals surface area contributed by atoms with Crippen LogP contribution in [0.15, 0.2) is 77.6 Å². The minimum Gasteiger partial charge on any atom is -0.503 e. The van der Waals surface area contributed by atoms with Crippen molar-refractivity contribution in [3.8, 4) is 5.75 Å². The number of pyridine rings is 1. The molecule has 6 nitrogen and oxygen atoms in total. The maximum absolute atomic E-state index is 13.1. The molecule has 3 aromatic rings. The maximum atomic E-state index is 13.1. The molecule has 0 saturated heterocycles. The van der Waals surface area contributed by atoms with Crippen molar-refractivity contribution in [2.75, 3.05) is 7.11 Å². The van der Waals surface area contributed by atoms with Crippen LogP contribution in [0.2, 0.25) is 0 Å². The summed E-state index contributed by atoms with van der Waals surface area (Å²) in [7, 11) is 1.59. The predicted molar refractivity (Wildman–Crippen MR) is 109 cm³/mol. The molecular weight excluding hydrogens is 388 g/mol. The van der Waals surface area contributed by atoms with E-state index in [-0.39, 0.29) is 17.9 Å². The lowest BCUT2D eigenvalue weighted by molar-refractivity contribution is -0.130. The van der Waals surface area contributed by atoms with E-state index in [1.807, 2.05) is 12.1 Å². The number of Topliss-reactive ketones (excluding diaryl/α,β-unsaturated/α-hetero) is 1. The quantitative estimate of drug-likeness (QED) is 0.628. The fourth-order valence-corrected chi connectivity index (χ4v) is 4.08. The largest absolute Gasteiger partial charge is 0.503 e. The van der Waals surface area contributed by atoms with Crippen LogP contribution in [-0.4, -0.2) is 33.8 Å². The van der Waals surface area contributed by atoms with Crippen LogP contribution < -0.4 is 4.74 Å². The van der Waals surface area contributed by atoms with Crippen molar-refractivity contribution in [2.24, 2.45) is 0 Å². The zero-order valence-electron chi connectivity index (χ0n) is 15.6. The van der Waals surface area contributed by atoms with E-state index in [1.165, 1.54) is 16.2 Å². The van der Waals surface area contributed by atoms with Gasteiger partial charge in [0, 0.05) is 18.9 Å². The molecule has 146 valence electrons. The number of amides is 1. The number of methoxy groups -OCH3 is 1. The van der Waals surface area contributed by atoms with Gasteiger partial charge in [0.05, 0.1) is 23.6 Å². The van der Waals surface area contributed by atoms with E-state index in [2.05, 4.69) is 4.98 Å². The standard InChI is InChI=1S/C22H18N2O4S/c1-28-16-8-6-14(7-9-16)13-24-19(15-4-2-10-23-12-15)18(21(26)22(24)27)20(25)17-5-3-11-29-17/h2-12,19,26H,13H2,1H3. The van der Waals surface area contributed by atoms with Crippen molar-refractivity contribution < 1.29 is 19.4 Å². The Kier molecular flexibility index (Phi) is 5.14. The Morgan fingerprint density at radius 2 is 2.00 bits per heavy atom. The van der Waals surface area contributed by atoms with Crippen molar-refractivity contribution in [1.82, 2.24) is 9.88 Å². The third-order valence-corrected chi connectivity index (χ3v) is 5.67. The first-order valence-electron chi connectivity index (χ1n) is 8.95. The SMILES string of the molecule is COc1ccc(CN2C(=O)C(O)=C(C(=O)c3cccs3)C2c2cccnc2)cc1. The summed E-state index contributed by atoms with van der Waals surface area (Å²) >= 11 is 1.27. The number of ketones is 1. The van der Waals surface area contributed by atoms with Crippen LogP contribution in [0.5, 0.6) is 5.75 Å². The lowest BCUT2D eigenvalue weighted by atomic mass is 9.96. The molecule has 0 saturated carbocycles. The number of benzene rings is 1. The lowest BCUT2D eigenvalue weighted by Gasteiger charge is -2.26. The molecule has 2 aromatic heterocycles. The van der Waals surface area contributed by atoms with Crippen molar-refractivity contribution in [2.45, 2.75) is 12.6 Å². The highest BCUT2D eigenvalue weighted by Crippen LogP contribution is 2.40. The van der Waals surface area contributed by atoms with Crippen LogP contribution in [-0.2, 0) is 11.3 Å². The molecule has 1 atom stereocenters. The van der Waals surface area contributed by atoms with Gasteiger partial charge in [-0.25, -0.2) is 0 Å². The molecule has 1 aliphatic rings. The highest BCUT2D eigenvalue weighted by Gasteiger charge is 2.44. The number of hydrogen-bond acceptors (Lipinski definition) is 6. The molecule has 1 amide bonds. The molecule has 0 bridgehead atoms. The molecule has 1 N–H and O–H groups in total. The van der Waals surface area contributed by atoms with Gasteiger partial charge in [-0.2, -0.15) is 0 Å². The van der Waals surface area contributed by atoms with E-state index in [0.717, 1.165) is 5.56 Å². The molecule has 29 heavy (non-hydrogen) atoms. The van der Waals surface area contributed by atoms with Gasteiger partial charge in [-0.15, -0.1) is 11.3 Å². The van der Waals surface area contributed by atoms with Crippen molar-refractivity contribution in [3.63, 3.8) is 0 Å². The van der Waals surface area contributed by atoms with Gasteiger partial charge in [0.1, 0.15) is 5.75 Å². The topological polar surface area (TPSA) is 79.7 Å². The Morgan fingerprint density at radius 3 is 2.62 bits per heavy atom. The lowest BCUT2D eigenvalue weighted by Crippen LogP contribution is -2.30. The second-order valence-electron chi connectivity index (χ2n) is 6.54. The fraction of sp³-hybridized carbons (Fsp3) is 0.136. The summed E-state index contributed by atoms with van der Waals surface area (Å²) in [5.74, 6) is -0.725. The number of hydrogen-bond donors (Lipinski definition) is 1. The van der Waals surface area contributed by atoms with E-state index in [9.17, 15) is 14.7 Å². The summed E-state index contributed by atoms with van der Waals surface area (Å²) in [5.41, 5.74) is 1.60. The van der Waals surface area contributed by atoms with E-state index in [0.29, 0.717) is 16.2 Å². The van der Waals surface area contributed by atoms with Gasteiger partial charge < -0.3 is 14.7 Å². The summed E-state index contributed by atoms with van der Waals surface area (Å²) in [6.45, 7) is 0.230. The molecule has 0 fully saturated rings. The van der Waals surface area contributed by atoms with Crippen molar-refractivity contribution >= 4 is 23.0 Å². The fourth-order valence-electron chi connectivity index (χ4n) is 3.40. The third kappa shape index (κ3) is 3.52. The zero-order chi connectivity index (χ0) is 20.4. The Balaban J connectivity index is 1.74. The first kappa shape index (κ1) is 18.9. The molecule has 1 aliphatic heterocycles. The monoisotopic (exact) mass is 406 g/mol. The second-order valence-corrected chi connectivity index (χ2v) is 7.49. The summed E-state index contributed by atoms with van der Waals surface area (Å²) in [5, 5.41) is 12.4. The second kappa shape index (κ2) is 7.89. The molecule has 4 rings (SSSR count). The van der Waals surface area contributed by atoms with Gasteiger partial charge in [0.25, 0.3) is 5.91 Å². The van der Waals surface area contributed by atoms with Crippen molar-refractivity contribution in [3.05, 3.63) is 93.6 Å². The number of aliphatic hydroxyl groups is 1. The normalized spacial score (nSPS) is 16.4. The van der Waals surface area contributed by atoms with E-state index in [1.54, 1.807) is 61.3 Å². The van der Waals surface area contributed by atoms with Gasteiger partial charge in [-0.3, -0.25) is 14.6 Å². The Hall–Kier alpha value is -3.45. The Labute approximate surface area is 171 Å². The van der Waals surface area contributed by atoms with Crippen LogP contribution in [0, 0.1) is 0 Å². The minimum atomic E-state index is -0.715. The Morgan fingerprint density at radius 1 is 1.21 bits per heavy atom. The van der Waals surface area contributed by atoms with Gasteiger partial charge in [0.15, 0.2) is 5.76 Å². The highest BCUT2D eigenvalue weighted by atomic mass is 32.1. The predicted octanol–water partition coefficient (Wildman–Crippen LogP) is 3.93. The van der Waals surface area contributed by atoms with E-state index < -0.39 is 17.7 Å². The Bertz CT molecular complexity index is 1060. The van der Waals surface area contributed by atoms with Crippen molar-refractivity contribution in [1.29, 1.82) is 0 Å². The molecule has 3 heterocycles. The number of carbonyl (C=O) groups excluding carboxylic acids is 2. The zero-order valence-corrected chi connectivity index (χ0v) is 16.4. The minimum absolute atomic E-state index is 0.0824. The molecule has 7 heteroatoms. The van der Waals surface area contributed by atoms with Gasteiger partial charge in [0.2, 0.25) is 5.78 Å². The summed E-state index contributed by atoms with van der Waals surface area (Å²) < 4.78 is 5.18. The molecule has 1 unspecified atom stereocenters. The molecule has 0 radical (unpaired) electrons. The van der Waals surface area contributed by atoms with Crippen LogP contribution >= 0.6 is 11.3 Å². The van der Waals surface area contributed by atoms with Crippen LogP contribution in [0.3, 0.4) is 0 Å². The molecular formula is C22H18N2O4S. The average Bonchev–Trinajstić information content (AvgIpc) is 3.38. The smallest absolute Gasteiger partial charge is 0.290 e. The van der Waals surface area contributed by atoms with Crippen LogP contribution in [0.25, 0.3) is 0 Å². The summed E-state index contributed by atoms with van der Waals surface area (Å²) in [6, 6.07) is 13.6. The first-order valence-corrected chi connectivity index (χ1v) is 9.83. The number of ether oxygens (including phenoxy) is 1. The van der Waals surface area contributed by atoms with Gasteiger partial charge >= 0.3 is 0 Å². The van der Waals surface area contributed by atoms with Gasteiger partial charge in [-0.1, -0.05) is 24.3 Å². The highest BCUT2D eigenvalue weighted by molar-refractivity contribution is 7.12. The number of aromatic nitrogens is 1. The number of aliphatic hydroxyl groups excluding tert-OH is 1. The van der Waals surface area contributed by atoms with E-state index in [4.69, 9.17) is 4.74 Å². The van der Waals surface area contributed by atoms with E-state index >= 15 is 0 Å². The van der Waals surface area contributed by atoms with Crippen LogP contribution in [0.1, 0.15) is 26.8 Å².